The van der Waals surface area contributed by atoms with E-state index >= 15 is 0 Å². The van der Waals surface area contributed by atoms with Crippen LogP contribution < -0.4 is 9.60 Å². The lowest BCUT2D eigenvalue weighted by Crippen LogP contribution is -2.12. The first kappa shape index (κ1) is 12.9. The Morgan fingerprint density at radius 1 is 1.05 bits per heavy atom. The summed E-state index contributed by atoms with van der Waals surface area (Å²) >= 11 is 1.09. The molecule has 7 heteroatoms. The fourth-order valence-electron chi connectivity index (χ4n) is 1.83. The standard InChI is InChI=1S/C13H10N2O3S2/c16-13-14-11-8-9(6-7-12(11)19-13)15-20(17,18)10-4-2-1-3-5-10/h1-8,15H,(H,14,16). The first-order valence-corrected chi connectivity index (χ1v) is 8.05. The molecule has 102 valence electrons. The van der Waals surface area contributed by atoms with Gasteiger partial charge in [-0.15, -0.1) is 0 Å². The summed E-state index contributed by atoms with van der Waals surface area (Å²) in [6.07, 6.45) is 0. The zero-order chi connectivity index (χ0) is 14.2. The molecule has 0 fully saturated rings. The van der Waals surface area contributed by atoms with Crippen LogP contribution in [0.15, 0.2) is 58.2 Å². The van der Waals surface area contributed by atoms with Crippen molar-refractivity contribution in [3.8, 4) is 0 Å². The fourth-order valence-corrected chi connectivity index (χ4v) is 3.62. The molecule has 0 unspecified atom stereocenters. The highest BCUT2D eigenvalue weighted by molar-refractivity contribution is 7.92. The minimum atomic E-state index is -3.61. The molecule has 1 aromatic heterocycles. The summed E-state index contributed by atoms with van der Waals surface area (Å²) in [6, 6.07) is 13.1. The number of benzene rings is 2. The number of aromatic amines is 1. The van der Waals surface area contributed by atoms with Crippen LogP contribution in [0.25, 0.3) is 10.2 Å². The number of aromatic nitrogens is 1. The maximum atomic E-state index is 12.2. The van der Waals surface area contributed by atoms with E-state index in [-0.39, 0.29) is 9.77 Å². The van der Waals surface area contributed by atoms with Crippen LogP contribution in [0.4, 0.5) is 5.69 Å². The van der Waals surface area contributed by atoms with Gasteiger partial charge in [-0.1, -0.05) is 29.5 Å². The number of nitrogens with one attached hydrogen (secondary N) is 2. The van der Waals surface area contributed by atoms with Gasteiger partial charge >= 0.3 is 4.87 Å². The Balaban J connectivity index is 1.98. The smallest absolute Gasteiger partial charge is 0.305 e. The van der Waals surface area contributed by atoms with E-state index in [0.717, 1.165) is 16.0 Å². The molecular formula is C13H10N2O3S2. The largest absolute Gasteiger partial charge is 0.312 e. The topological polar surface area (TPSA) is 79.0 Å². The van der Waals surface area contributed by atoms with Crippen molar-refractivity contribution in [1.82, 2.24) is 4.98 Å². The van der Waals surface area contributed by atoms with E-state index in [0.29, 0.717) is 11.2 Å². The van der Waals surface area contributed by atoms with Gasteiger partial charge in [0.25, 0.3) is 10.0 Å². The number of hydrogen-bond donors (Lipinski definition) is 2. The van der Waals surface area contributed by atoms with Gasteiger partial charge in [-0.2, -0.15) is 0 Å². The predicted octanol–water partition coefficient (Wildman–Crippen LogP) is 2.39. The van der Waals surface area contributed by atoms with Crippen molar-refractivity contribution in [3.05, 3.63) is 58.2 Å². The van der Waals surface area contributed by atoms with Crippen LogP contribution in [0.2, 0.25) is 0 Å². The van der Waals surface area contributed by atoms with Crippen molar-refractivity contribution in [2.24, 2.45) is 0 Å². The number of rotatable bonds is 3. The summed E-state index contributed by atoms with van der Waals surface area (Å²) in [5.41, 5.74) is 1.03. The Morgan fingerprint density at radius 3 is 2.55 bits per heavy atom. The van der Waals surface area contributed by atoms with E-state index < -0.39 is 10.0 Å². The van der Waals surface area contributed by atoms with Gasteiger partial charge < -0.3 is 4.98 Å². The molecule has 3 rings (SSSR count). The van der Waals surface area contributed by atoms with Crippen molar-refractivity contribution in [2.45, 2.75) is 4.90 Å². The van der Waals surface area contributed by atoms with Crippen molar-refractivity contribution in [3.63, 3.8) is 0 Å². The molecule has 0 saturated carbocycles. The van der Waals surface area contributed by atoms with Crippen LogP contribution in [0, 0.1) is 0 Å². The Kier molecular flexibility index (Phi) is 3.07. The van der Waals surface area contributed by atoms with E-state index in [1.807, 2.05) is 0 Å². The van der Waals surface area contributed by atoms with Gasteiger partial charge in [0, 0.05) is 0 Å². The monoisotopic (exact) mass is 306 g/mol. The second-order valence-corrected chi connectivity index (χ2v) is 6.84. The maximum absolute atomic E-state index is 12.2. The van der Waals surface area contributed by atoms with Gasteiger partial charge in [-0.05, 0) is 30.3 Å². The Labute approximate surface area is 119 Å². The highest BCUT2D eigenvalue weighted by Crippen LogP contribution is 2.21. The average Bonchev–Trinajstić information content (AvgIpc) is 2.79. The van der Waals surface area contributed by atoms with Crippen LogP contribution in [-0.4, -0.2) is 13.4 Å². The third kappa shape index (κ3) is 2.45. The summed E-state index contributed by atoms with van der Waals surface area (Å²) in [5.74, 6) is 0. The Hall–Kier alpha value is -2.12. The van der Waals surface area contributed by atoms with Crippen LogP contribution in [0.5, 0.6) is 0 Å². The first-order valence-electron chi connectivity index (χ1n) is 5.75. The molecular weight excluding hydrogens is 296 g/mol. The zero-order valence-corrected chi connectivity index (χ0v) is 11.8. The van der Waals surface area contributed by atoms with E-state index in [1.54, 1.807) is 36.4 Å². The van der Waals surface area contributed by atoms with E-state index in [1.165, 1.54) is 12.1 Å². The second-order valence-electron chi connectivity index (χ2n) is 4.14. The Morgan fingerprint density at radius 2 is 1.80 bits per heavy atom. The number of hydrogen-bond acceptors (Lipinski definition) is 4. The molecule has 0 saturated heterocycles. The van der Waals surface area contributed by atoms with Crippen molar-refractivity contribution < 1.29 is 8.42 Å². The second kappa shape index (κ2) is 4.77. The van der Waals surface area contributed by atoms with Crippen LogP contribution in [-0.2, 0) is 10.0 Å². The van der Waals surface area contributed by atoms with Gasteiger partial charge in [0.15, 0.2) is 0 Å². The van der Waals surface area contributed by atoms with Gasteiger partial charge in [0.2, 0.25) is 0 Å². The van der Waals surface area contributed by atoms with Gasteiger partial charge in [0.1, 0.15) is 0 Å². The summed E-state index contributed by atoms with van der Waals surface area (Å²) in [5, 5.41) is 0. The van der Waals surface area contributed by atoms with Crippen molar-refractivity contribution in [1.29, 1.82) is 0 Å². The third-order valence-electron chi connectivity index (χ3n) is 2.72. The quantitative estimate of drug-likeness (QED) is 0.780. The highest BCUT2D eigenvalue weighted by Gasteiger charge is 2.13. The molecule has 0 aliphatic heterocycles. The van der Waals surface area contributed by atoms with Gasteiger partial charge in [-0.25, -0.2) is 8.42 Å². The normalized spacial score (nSPS) is 11.6. The molecule has 0 aliphatic rings. The molecule has 0 spiro atoms. The molecule has 3 aromatic rings. The summed E-state index contributed by atoms with van der Waals surface area (Å²) in [7, 11) is -3.61. The lowest BCUT2D eigenvalue weighted by Gasteiger charge is -2.07. The molecule has 2 aromatic carbocycles. The minimum Gasteiger partial charge on any atom is -0.312 e. The summed E-state index contributed by atoms with van der Waals surface area (Å²) in [4.78, 5) is 13.9. The summed E-state index contributed by atoms with van der Waals surface area (Å²) in [6.45, 7) is 0. The number of thiazole rings is 1. The molecule has 0 atom stereocenters. The SMILES string of the molecule is O=c1[nH]c2cc(NS(=O)(=O)c3ccccc3)ccc2s1. The highest BCUT2D eigenvalue weighted by atomic mass is 32.2. The molecule has 0 bridgehead atoms. The molecule has 0 radical (unpaired) electrons. The molecule has 20 heavy (non-hydrogen) atoms. The first-order chi connectivity index (χ1) is 9.54. The third-order valence-corrected chi connectivity index (χ3v) is 4.99. The number of H-pyrrole nitrogens is 1. The maximum Gasteiger partial charge on any atom is 0.305 e. The van der Waals surface area contributed by atoms with E-state index in [4.69, 9.17) is 0 Å². The van der Waals surface area contributed by atoms with Gasteiger partial charge in [0.05, 0.1) is 20.8 Å². The van der Waals surface area contributed by atoms with E-state index in [9.17, 15) is 13.2 Å². The van der Waals surface area contributed by atoms with Crippen molar-refractivity contribution >= 4 is 37.3 Å². The molecule has 1 heterocycles. The van der Waals surface area contributed by atoms with Crippen LogP contribution >= 0.6 is 11.3 Å². The van der Waals surface area contributed by atoms with Gasteiger partial charge in [-0.3, -0.25) is 9.52 Å². The fraction of sp³-hybridized carbons (Fsp3) is 0. The summed E-state index contributed by atoms with van der Waals surface area (Å²) < 4.78 is 27.6. The predicted molar refractivity (Wildman–Crippen MR) is 79.7 cm³/mol. The van der Waals surface area contributed by atoms with E-state index in [2.05, 4.69) is 9.71 Å². The van der Waals surface area contributed by atoms with Crippen LogP contribution in [0.3, 0.4) is 0 Å². The molecule has 0 amide bonds. The molecule has 0 aliphatic carbocycles. The zero-order valence-electron chi connectivity index (χ0n) is 10.2. The average molecular weight is 306 g/mol. The molecule has 5 nitrogen and oxygen atoms in total. The lowest BCUT2D eigenvalue weighted by molar-refractivity contribution is 0.601. The van der Waals surface area contributed by atoms with Crippen LogP contribution in [0.1, 0.15) is 0 Å². The molecule has 2 N–H and O–H groups in total. The van der Waals surface area contributed by atoms with Crippen molar-refractivity contribution in [2.75, 3.05) is 4.72 Å². The number of anilines is 1. The minimum absolute atomic E-state index is 0.164. The number of fused-ring (bicyclic) bond motifs is 1. The number of sulfonamides is 1. The Bertz CT molecular complexity index is 911. The lowest BCUT2D eigenvalue weighted by atomic mass is 10.3.